The van der Waals surface area contributed by atoms with Crippen LogP contribution in [-0.4, -0.2) is 23.3 Å². The molecule has 2 N–H and O–H groups in total. The molecule has 0 saturated heterocycles. The van der Waals surface area contributed by atoms with Crippen molar-refractivity contribution in [2.75, 3.05) is 6.61 Å². The van der Waals surface area contributed by atoms with Gasteiger partial charge >= 0.3 is 0 Å². The van der Waals surface area contributed by atoms with E-state index in [4.69, 9.17) is 5.11 Å². The molecule has 0 aliphatic rings. The molecule has 1 amide bonds. The highest BCUT2D eigenvalue weighted by Crippen LogP contribution is 1.86. The Kier molecular flexibility index (Phi) is 5.37. The van der Waals surface area contributed by atoms with E-state index in [0.29, 0.717) is 12.8 Å². The van der Waals surface area contributed by atoms with E-state index in [9.17, 15) is 4.79 Å². The molecule has 4 nitrogen and oxygen atoms in total. The molecule has 0 aromatic heterocycles. The molecule has 64 valence electrons. The number of nitrogens with one attached hydrogen (secondary N) is 1. The first-order valence-corrected chi connectivity index (χ1v) is 3.57. The predicted molar refractivity (Wildman–Crippen MR) is 43.2 cm³/mol. The van der Waals surface area contributed by atoms with Crippen molar-refractivity contribution >= 4 is 11.6 Å². The summed E-state index contributed by atoms with van der Waals surface area (Å²) < 4.78 is 0. The van der Waals surface area contributed by atoms with Crippen molar-refractivity contribution in [3.05, 3.63) is 0 Å². The highest BCUT2D eigenvalue weighted by molar-refractivity contribution is 5.82. The maximum absolute atomic E-state index is 10.8. The zero-order valence-corrected chi connectivity index (χ0v) is 6.92. The number of hydrogen-bond donors (Lipinski definition) is 2. The van der Waals surface area contributed by atoms with Gasteiger partial charge in [-0.25, -0.2) is 5.43 Å². The lowest BCUT2D eigenvalue weighted by molar-refractivity contribution is -0.121. The number of carbonyl (C=O) groups is 1. The smallest absolute Gasteiger partial charge is 0.240 e. The predicted octanol–water partition coefficient (Wildman–Crippen LogP) is 0.271. The van der Waals surface area contributed by atoms with E-state index >= 15 is 0 Å². The van der Waals surface area contributed by atoms with Gasteiger partial charge in [-0.2, -0.15) is 5.10 Å². The summed E-state index contributed by atoms with van der Waals surface area (Å²) in [6, 6.07) is 0. The second kappa shape index (κ2) is 5.85. The summed E-state index contributed by atoms with van der Waals surface area (Å²) in [4.78, 5) is 10.8. The van der Waals surface area contributed by atoms with Crippen molar-refractivity contribution < 1.29 is 9.90 Å². The summed E-state index contributed by atoms with van der Waals surface area (Å²) in [7, 11) is 0. The molecule has 0 aromatic rings. The van der Waals surface area contributed by atoms with Crippen LogP contribution >= 0.6 is 0 Å². The molecule has 0 rings (SSSR count). The second-order valence-electron chi connectivity index (χ2n) is 2.42. The SMILES string of the molecule is CC(C)=NNC(=O)CCCO. The first-order valence-electron chi connectivity index (χ1n) is 3.57. The van der Waals surface area contributed by atoms with E-state index in [2.05, 4.69) is 10.5 Å². The minimum atomic E-state index is -0.153. The van der Waals surface area contributed by atoms with Gasteiger partial charge in [-0.3, -0.25) is 4.79 Å². The van der Waals surface area contributed by atoms with Crippen molar-refractivity contribution in [3.8, 4) is 0 Å². The fourth-order valence-corrected chi connectivity index (χ4v) is 0.470. The Morgan fingerprint density at radius 2 is 2.18 bits per heavy atom. The van der Waals surface area contributed by atoms with Crippen LogP contribution in [0.15, 0.2) is 5.10 Å². The lowest BCUT2D eigenvalue weighted by atomic mass is 10.3. The zero-order chi connectivity index (χ0) is 8.69. The minimum absolute atomic E-state index is 0.0439. The molecule has 0 aliphatic carbocycles. The van der Waals surface area contributed by atoms with Crippen molar-refractivity contribution in [1.29, 1.82) is 0 Å². The van der Waals surface area contributed by atoms with Crippen LogP contribution in [0.1, 0.15) is 26.7 Å². The van der Waals surface area contributed by atoms with Crippen LogP contribution in [0.2, 0.25) is 0 Å². The normalized spacial score (nSPS) is 9.00. The van der Waals surface area contributed by atoms with Gasteiger partial charge in [0, 0.05) is 18.7 Å². The highest BCUT2D eigenvalue weighted by atomic mass is 16.3. The number of aliphatic hydroxyl groups excluding tert-OH is 1. The third-order valence-electron chi connectivity index (χ3n) is 0.966. The average Bonchev–Trinajstić information content (AvgIpc) is 1.97. The maximum atomic E-state index is 10.8. The van der Waals surface area contributed by atoms with Crippen molar-refractivity contribution in [2.45, 2.75) is 26.7 Å². The Labute approximate surface area is 66.3 Å². The van der Waals surface area contributed by atoms with Crippen molar-refractivity contribution in [1.82, 2.24) is 5.43 Å². The van der Waals surface area contributed by atoms with Crippen LogP contribution in [0.4, 0.5) is 0 Å². The summed E-state index contributed by atoms with van der Waals surface area (Å²) >= 11 is 0. The maximum Gasteiger partial charge on any atom is 0.240 e. The molecule has 0 radical (unpaired) electrons. The fraction of sp³-hybridized carbons (Fsp3) is 0.714. The van der Waals surface area contributed by atoms with E-state index in [1.807, 2.05) is 0 Å². The molecular weight excluding hydrogens is 144 g/mol. The van der Waals surface area contributed by atoms with Gasteiger partial charge in [-0.05, 0) is 20.3 Å². The Bertz CT molecular complexity index is 151. The molecule has 0 aliphatic heterocycles. The molecule has 0 spiro atoms. The average molecular weight is 158 g/mol. The highest BCUT2D eigenvalue weighted by Gasteiger charge is 1.96. The van der Waals surface area contributed by atoms with E-state index in [-0.39, 0.29) is 12.5 Å². The van der Waals surface area contributed by atoms with Gasteiger partial charge in [0.05, 0.1) is 0 Å². The number of rotatable bonds is 4. The van der Waals surface area contributed by atoms with Gasteiger partial charge in [-0.15, -0.1) is 0 Å². The van der Waals surface area contributed by atoms with Crippen LogP contribution in [0, 0.1) is 0 Å². The number of carbonyl (C=O) groups excluding carboxylic acids is 1. The van der Waals surface area contributed by atoms with E-state index in [1.165, 1.54) is 0 Å². The Balaban J connectivity index is 3.45. The van der Waals surface area contributed by atoms with Crippen LogP contribution < -0.4 is 5.43 Å². The molecular formula is C7H14N2O2. The third-order valence-corrected chi connectivity index (χ3v) is 0.966. The van der Waals surface area contributed by atoms with Crippen LogP contribution in [0.3, 0.4) is 0 Å². The number of amides is 1. The van der Waals surface area contributed by atoms with Gasteiger partial charge in [-0.1, -0.05) is 0 Å². The fourth-order valence-electron chi connectivity index (χ4n) is 0.470. The number of aliphatic hydroxyl groups is 1. The Morgan fingerprint density at radius 1 is 1.55 bits per heavy atom. The van der Waals surface area contributed by atoms with Crippen LogP contribution in [0.25, 0.3) is 0 Å². The molecule has 0 atom stereocenters. The Hall–Kier alpha value is -0.900. The molecule has 0 bridgehead atoms. The lowest BCUT2D eigenvalue weighted by Crippen LogP contribution is -2.18. The lowest BCUT2D eigenvalue weighted by Gasteiger charge is -1.97. The molecule has 0 unspecified atom stereocenters. The molecule has 0 fully saturated rings. The van der Waals surface area contributed by atoms with Crippen molar-refractivity contribution in [2.24, 2.45) is 5.10 Å². The number of nitrogens with zero attached hydrogens (tertiary/aromatic N) is 1. The first-order chi connectivity index (χ1) is 5.16. The van der Waals surface area contributed by atoms with E-state index in [0.717, 1.165) is 5.71 Å². The van der Waals surface area contributed by atoms with Gasteiger partial charge in [0.1, 0.15) is 0 Å². The summed E-state index contributed by atoms with van der Waals surface area (Å²) in [5.74, 6) is -0.153. The zero-order valence-electron chi connectivity index (χ0n) is 6.92. The summed E-state index contributed by atoms with van der Waals surface area (Å²) in [5.41, 5.74) is 3.16. The summed E-state index contributed by atoms with van der Waals surface area (Å²) in [5, 5.41) is 12.1. The summed E-state index contributed by atoms with van der Waals surface area (Å²) in [6.45, 7) is 3.64. The molecule has 0 heterocycles. The third kappa shape index (κ3) is 6.99. The van der Waals surface area contributed by atoms with E-state index < -0.39 is 0 Å². The number of hydrazone groups is 1. The quantitative estimate of drug-likeness (QED) is 0.455. The monoisotopic (exact) mass is 158 g/mol. The van der Waals surface area contributed by atoms with Crippen LogP contribution in [0.5, 0.6) is 0 Å². The minimum Gasteiger partial charge on any atom is -0.396 e. The van der Waals surface area contributed by atoms with Gasteiger partial charge in [0.25, 0.3) is 0 Å². The Morgan fingerprint density at radius 3 is 2.64 bits per heavy atom. The number of hydrogen-bond acceptors (Lipinski definition) is 3. The topological polar surface area (TPSA) is 61.7 Å². The molecule has 0 aromatic carbocycles. The van der Waals surface area contributed by atoms with Crippen molar-refractivity contribution in [3.63, 3.8) is 0 Å². The van der Waals surface area contributed by atoms with E-state index in [1.54, 1.807) is 13.8 Å². The van der Waals surface area contributed by atoms with Crippen LogP contribution in [-0.2, 0) is 4.79 Å². The van der Waals surface area contributed by atoms with Gasteiger partial charge in [0.15, 0.2) is 0 Å². The largest absolute Gasteiger partial charge is 0.396 e. The van der Waals surface area contributed by atoms with Gasteiger partial charge in [0.2, 0.25) is 5.91 Å². The second-order valence-corrected chi connectivity index (χ2v) is 2.42. The molecule has 0 saturated carbocycles. The summed E-state index contributed by atoms with van der Waals surface area (Å²) in [6.07, 6.45) is 0.817. The molecule has 11 heavy (non-hydrogen) atoms. The van der Waals surface area contributed by atoms with Gasteiger partial charge < -0.3 is 5.11 Å². The first kappa shape index (κ1) is 10.1. The molecule has 4 heteroatoms. The standard InChI is InChI=1S/C7H14N2O2/c1-6(2)8-9-7(11)4-3-5-10/h10H,3-5H2,1-2H3,(H,9,11).